The van der Waals surface area contributed by atoms with Crippen molar-refractivity contribution in [2.45, 2.75) is 51.9 Å². The molecule has 1 aliphatic rings. The van der Waals surface area contributed by atoms with Gasteiger partial charge in [0.15, 0.2) is 0 Å². The summed E-state index contributed by atoms with van der Waals surface area (Å²) in [4.78, 5) is 24.2. The van der Waals surface area contributed by atoms with Crippen molar-refractivity contribution < 1.29 is 14.3 Å². The Hall–Kier alpha value is -1.87. The minimum atomic E-state index is -0.480. The van der Waals surface area contributed by atoms with Crippen LogP contribution < -0.4 is 5.32 Å². The Morgan fingerprint density at radius 3 is 2.65 bits per heavy atom. The van der Waals surface area contributed by atoms with E-state index in [4.69, 9.17) is 4.74 Å². The van der Waals surface area contributed by atoms with Gasteiger partial charge in [0.1, 0.15) is 15.9 Å². The summed E-state index contributed by atoms with van der Waals surface area (Å²) in [6.07, 6.45) is 7.60. The molecule has 124 valence electrons. The van der Waals surface area contributed by atoms with Gasteiger partial charge in [-0.3, -0.25) is 4.79 Å². The summed E-state index contributed by atoms with van der Waals surface area (Å²) in [5, 5.41) is 12.5. The average molecular weight is 334 g/mol. The van der Waals surface area contributed by atoms with Crippen LogP contribution >= 0.6 is 11.3 Å². The molecule has 0 aromatic carbocycles. The van der Waals surface area contributed by atoms with Crippen molar-refractivity contribution >= 4 is 28.2 Å². The van der Waals surface area contributed by atoms with Crippen molar-refractivity contribution in [3.05, 3.63) is 16.0 Å². The number of nitrogens with one attached hydrogen (secondary N) is 1. The SMILES string of the molecule is COC(=O)c1sc(NC(=O)CCC2CCCCC2)c(C#N)c1C. The van der Waals surface area contributed by atoms with E-state index in [0.29, 0.717) is 33.3 Å². The van der Waals surface area contributed by atoms with Crippen LogP contribution in [0, 0.1) is 24.2 Å². The zero-order chi connectivity index (χ0) is 16.8. The quantitative estimate of drug-likeness (QED) is 0.825. The number of ether oxygens (including phenoxy) is 1. The fourth-order valence-corrected chi connectivity index (χ4v) is 4.12. The van der Waals surface area contributed by atoms with Crippen LogP contribution in [0.25, 0.3) is 0 Å². The molecule has 1 heterocycles. The third-order valence-corrected chi connectivity index (χ3v) is 5.57. The van der Waals surface area contributed by atoms with Gasteiger partial charge in [-0.2, -0.15) is 5.26 Å². The number of amides is 1. The molecule has 5 nitrogen and oxygen atoms in total. The normalized spacial score (nSPS) is 15.0. The second-order valence-electron chi connectivity index (χ2n) is 5.95. The topological polar surface area (TPSA) is 79.2 Å². The minimum absolute atomic E-state index is 0.0928. The number of carbonyl (C=O) groups excluding carboxylic acids is 2. The van der Waals surface area contributed by atoms with Gasteiger partial charge in [-0.05, 0) is 24.8 Å². The van der Waals surface area contributed by atoms with E-state index in [1.165, 1.54) is 39.2 Å². The Kier molecular flexibility index (Phi) is 6.17. The van der Waals surface area contributed by atoms with E-state index in [2.05, 4.69) is 11.4 Å². The summed E-state index contributed by atoms with van der Waals surface area (Å²) in [6.45, 7) is 1.69. The number of carbonyl (C=O) groups is 2. The summed E-state index contributed by atoms with van der Waals surface area (Å²) in [5.74, 6) is 0.0667. The maximum atomic E-state index is 12.2. The van der Waals surface area contributed by atoms with Gasteiger partial charge in [-0.1, -0.05) is 32.1 Å². The molecule has 6 heteroatoms. The van der Waals surface area contributed by atoms with Crippen LogP contribution in [0.2, 0.25) is 0 Å². The molecule has 0 radical (unpaired) electrons. The molecular formula is C17H22N2O3S. The van der Waals surface area contributed by atoms with E-state index in [0.717, 1.165) is 17.8 Å². The van der Waals surface area contributed by atoms with Crippen molar-refractivity contribution in [2.75, 3.05) is 12.4 Å². The van der Waals surface area contributed by atoms with Crippen molar-refractivity contribution in [3.63, 3.8) is 0 Å². The number of rotatable bonds is 5. The molecule has 0 aliphatic heterocycles. The highest BCUT2D eigenvalue weighted by molar-refractivity contribution is 7.18. The molecule has 0 spiro atoms. The number of anilines is 1. The summed E-state index contributed by atoms with van der Waals surface area (Å²) in [6, 6.07) is 2.06. The van der Waals surface area contributed by atoms with E-state index in [9.17, 15) is 14.9 Å². The molecule has 23 heavy (non-hydrogen) atoms. The lowest BCUT2D eigenvalue weighted by Crippen LogP contribution is -2.14. The van der Waals surface area contributed by atoms with Crippen LogP contribution in [0.3, 0.4) is 0 Å². The number of esters is 1. The fraction of sp³-hybridized carbons (Fsp3) is 0.588. The Bertz CT molecular complexity index is 625. The molecule has 0 unspecified atom stereocenters. The van der Waals surface area contributed by atoms with Crippen LogP contribution in [-0.4, -0.2) is 19.0 Å². The molecule has 0 saturated heterocycles. The van der Waals surface area contributed by atoms with E-state index in [1.54, 1.807) is 6.92 Å². The van der Waals surface area contributed by atoms with Crippen molar-refractivity contribution in [2.24, 2.45) is 5.92 Å². The largest absolute Gasteiger partial charge is 0.465 e. The third kappa shape index (κ3) is 4.32. The Morgan fingerprint density at radius 1 is 1.35 bits per heavy atom. The predicted molar refractivity (Wildman–Crippen MR) is 89.5 cm³/mol. The molecule has 1 fully saturated rings. The Balaban J connectivity index is 2.00. The highest BCUT2D eigenvalue weighted by Crippen LogP contribution is 2.33. The van der Waals surface area contributed by atoms with E-state index >= 15 is 0 Å². The van der Waals surface area contributed by atoms with Gasteiger partial charge in [-0.15, -0.1) is 11.3 Å². The van der Waals surface area contributed by atoms with E-state index in [1.807, 2.05) is 0 Å². The molecule has 1 aromatic rings. The zero-order valence-corrected chi connectivity index (χ0v) is 14.4. The number of nitriles is 1. The molecular weight excluding hydrogens is 312 g/mol. The number of hydrogen-bond acceptors (Lipinski definition) is 5. The summed E-state index contributed by atoms with van der Waals surface area (Å²) in [5.41, 5.74) is 0.911. The molecule has 2 rings (SSSR count). The second-order valence-corrected chi connectivity index (χ2v) is 6.98. The van der Waals surface area contributed by atoms with Crippen molar-refractivity contribution in [1.82, 2.24) is 0 Å². The van der Waals surface area contributed by atoms with Gasteiger partial charge in [-0.25, -0.2) is 4.79 Å². The maximum Gasteiger partial charge on any atom is 0.348 e. The summed E-state index contributed by atoms with van der Waals surface area (Å²) in [7, 11) is 1.30. The number of thiophene rings is 1. The number of methoxy groups -OCH3 is 1. The van der Waals surface area contributed by atoms with Crippen LogP contribution in [-0.2, 0) is 9.53 Å². The highest BCUT2D eigenvalue weighted by atomic mass is 32.1. The lowest BCUT2D eigenvalue weighted by Gasteiger charge is -2.20. The molecule has 1 aliphatic carbocycles. The van der Waals surface area contributed by atoms with Crippen LogP contribution in [0.5, 0.6) is 0 Å². The molecule has 0 bridgehead atoms. The molecule has 1 saturated carbocycles. The lowest BCUT2D eigenvalue weighted by molar-refractivity contribution is -0.116. The van der Waals surface area contributed by atoms with Crippen LogP contribution in [0.1, 0.15) is 65.7 Å². The van der Waals surface area contributed by atoms with Crippen LogP contribution in [0.15, 0.2) is 0 Å². The van der Waals surface area contributed by atoms with Crippen molar-refractivity contribution in [3.8, 4) is 6.07 Å². The molecule has 1 amide bonds. The third-order valence-electron chi connectivity index (χ3n) is 4.39. The van der Waals surface area contributed by atoms with Crippen molar-refractivity contribution in [1.29, 1.82) is 5.26 Å². The zero-order valence-electron chi connectivity index (χ0n) is 13.6. The first-order chi connectivity index (χ1) is 11.1. The fourth-order valence-electron chi connectivity index (χ4n) is 3.02. The summed E-state index contributed by atoms with van der Waals surface area (Å²) < 4.78 is 4.71. The van der Waals surface area contributed by atoms with Gasteiger partial charge in [0.2, 0.25) is 5.91 Å². The lowest BCUT2D eigenvalue weighted by atomic mass is 9.86. The van der Waals surface area contributed by atoms with E-state index < -0.39 is 5.97 Å². The average Bonchev–Trinajstić information content (AvgIpc) is 2.88. The first-order valence-electron chi connectivity index (χ1n) is 7.98. The van der Waals surface area contributed by atoms with Gasteiger partial charge >= 0.3 is 5.97 Å². The van der Waals surface area contributed by atoms with Crippen LogP contribution in [0.4, 0.5) is 5.00 Å². The predicted octanol–water partition coefficient (Wildman–Crippen LogP) is 4.01. The highest BCUT2D eigenvalue weighted by Gasteiger charge is 2.22. The first-order valence-corrected chi connectivity index (χ1v) is 8.80. The van der Waals surface area contributed by atoms with E-state index in [-0.39, 0.29) is 5.91 Å². The first kappa shape index (κ1) is 17.5. The minimum Gasteiger partial charge on any atom is -0.465 e. The standard InChI is InChI=1S/C17H22N2O3S/c1-11-13(10-18)16(23-15(11)17(21)22-2)19-14(20)9-8-12-6-4-3-5-7-12/h12H,3-9H2,1-2H3,(H,19,20). The monoisotopic (exact) mass is 334 g/mol. The smallest absolute Gasteiger partial charge is 0.348 e. The van der Waals surface area contributed by atoms with Gasteiger partial charge < -0.3 is 10.1 Å². The molecule has 1 N–H and O–H groups in total. The summed E-state index contributed by atoms with van der Waals surface area (Å²) >= 11 is 1.10. The Morgan fingerprint density at radius 2 is 2.04 bits per heavy atom. The molecule has 0 atom stereocenters. The number of hydrogen-bond donors (Lipinski definition) is 1. The number of nitrogens with zero attached hydrogens (tertiary/aromatic N) is 1. The van der Waals surface area contributed by atoms with Gasteiger partial charge in [0.25, 0.3) is 0 Å². The Labute approximate surface area is 140 Å². The molecule has 1 aromatic heterocycles. The maximum absolute atomic E-state index is 12.2. The second kappa shape index (κ2) is 8.11. The van der Waals surface area contributed by atoms with Gasteiger partial charge in [0, 0.05) is 6.42 Å². The van der Waals surface area contributed by atoms with Gasteiger partial charge in [0.05, 0.1) is 12.7 Å².